The molecule has 1 amide bonds. The van der Waals surface area contributed by atoms with Gasteiger partial charge in [-0.3, -0.25) is 14.9 Å². The van der Waals surface area contributed by atoms with E-state index in [0.29, 0.717) is 5.76 Å². The van der Waals surface area contributed by atoms with Crippen LogP contribution in [-0.4, -0.2) is 30.0 Å². The molecule has 2 rings (SSSR count). The van der Waals surface area contributed by atoms with Crippen LogP contribution in [0.3, 0.4) is 0 Å². The van der Waals surface area contributed by atoms with Gasteiger partial charge in [0.25, 0.3) is 11.6 Å². The van der Waals surface area contributed by atoms with Gasteiger partial charge in [0.1, 0.15) is 11.5 Å². The second-order valence-electron chi connectivity index (χ2n) is 5.06. The minimum atomic E-state index is -1.13. The maximum absolute atomic E-state index is 12.2. The van der Waals surface area contributed by atoms with E-state index in [1.807, 2.05) is 0 Å². The summed E-state index contributed by atoms with van der Waals surface area (Å²) in [4.78, 5) is 34.2. The number of ether oxygens (including phenoxy) is 2. The van der Waals surface area contributed by atoms with Gasteiger partial charge in [0, 0.05) is 18.2 Å². The van der Waals surface area contributed by atoms with Crippen LogP contribution < -0.4 is 10.1 Å². The first-order valence-corrected chi connectivity index (χ1v) is 7.46. The highest BCUT2D eigenvalue weighted by molar-refractivity contribution is 5.97. The van der Waals surface area contributed by atoms with Crippen LogP contribution in [0.5, 0.6) is 5.75 Å². The summed E-state index contributed by atoms with van der Waals surface area (Å²) in [5.41, 5.74) is -0.118. The molecule has 1 N–H and O–H groups in total. The van der Waals surface area contributed by atoms with Crippen molar-refractivity contribution in [2.45, 2.75) is 13.0 Å². The molecule has 2 aromatic rings. The lowest BCUT2D eigenvalue weighted by atomic mass is 10.2. The van der Waals surface area contributed by atoms with Crippen molar-refractivity contribution in [1.82, 2.24) is 0 Å². The van der Waals surface area contributed by atoms with Gasteiger partial charge in [0.15, 0.2) is 6.10 Å². The standard InChI is InChI=1S/C17H16N2O7/c1-11(26-16(20)8-6-13-4-3-9-25-13)17(21)18-14-10-12(19(22)23)5-7-15(14)24-2/h3-11H,1-2H3,(H,18,21)/b8-6+/t11-/m0/s1. The SMILES string of the molecule is COc1ccc([N+](=O)[O-])cc1NC(=O)[C@H](C)OC(=O)/C=C/c1ccco1. The fourth-order valence-electron chi connectivity index (χ4n) is 1.94. The molecule has 9 heteroatoms. The minimum Gasteiger partial charge on any atom is -0.495 e. The maximum Gasteiger partial charge on any atom is 0.331 e. The van der Waals surface area contributed by atoms with Crippen molar-refractivity contribution in [2.24, 2.45) is 0 Å². The third-order valence-electron chi connectivity index (χ3n) is 3.24. The Morgan fingerprint density at radius 2 is 2.12 bits per heavy atom. The Hall–Kier alpha value is -3.62. The first-order valence-electron chi connectivity index (χ1n) is 7.46. The lowest BCUT2D eigenvalue weighted by Crippen LogP contribution is -2.29. The van der Waals surface area contributed by atoms with Gasteiger partial charge in [-0.2, -0.15) is 0 Å². The van der Waals surface area contributed by atoms with E-state index in [1.165, 1.54) is 38.5 Å². The van der Waals surface area contributed by atoms with Crippen molar-refractivity contribution in [2.75, 3.05) is 12.4 Å². The molecule has 0 saturated carbocycles. The average molecular weight is 360 g/mol. The number of carbonyl (C=O) groups excluding carboxylic acids is 2. The summed E-state index contributed by atoms with van der Waals surface area (Å²) < 4.78 is 15.1. The van der Waals surface area contributed by atoms with Gasteiger partial charge in [-0.1, -0.05) is 0 Å². The van der Waals surface area contributed by atoms with Crippen LogP contribution in [0.4, 0.5) is 11.4 Å². The van der Waals surface area contributed by atoms with Crippen molar-refractivity contribution >= 4 is 29.3 Å². The van der Waals surface area contributed by atoms with Gasteiger partial charge in [-0.15, -0.1) is 0 Å². The predicted octanol–water partition coefficient (Wildman–Crippen LogP) is 2.78. The van der Waals surface area contributed by atoms with Crippen LogP contribution >= 0.6 is 0 Å². The van der Waals surface area contributed by atoms with Crippen LogP contribution in [0, 0.1) is 10.1 Å². The largest absolute Gasteiger partial charge is 0.495 e. The normalized spacial score (nSPS) is 11.8. The van der Waals surface area contributed by atoms with E-state index >= 15 is 0 Å². The number of furan rings is 1. The first-order chi connectivity index (χ1) is 12.4. The second kappa shape index (κ2) is 8.47. The second-order valence-corrected chi connectivity index (χ2v) is 5.06. The number of hydrogen-bond acceptors (Lipinski definition) is 7. The topological polar surface area (TPSA) is 121 Å². The number of nitro groups is 1. The number of esters is 1. The summed E-state index contributed by atoms with van der Waals surface area (Å²) in [6, 6.07) is 7.07. The van der Waals surface area contributed by atoms with Crippen molar-refractivity contribution in [1.29, 1.82) is 0 Å². The first kappa shape index (κ1) is 18.7. The minimum absolute atomic E-state index is 0.0979. The van der Waals surface area contributed by atoms with Gasteiger partial charge in [0.05, 0.1) is 24.0 Å². The van der Waals surface area contributed by atoms with Crippen LogP contribution in [0.25, 0.3) is 6.08 Å². The number of nitro benzene ring substituents is 1. The Balaban J connectivity index is 2.01. The Kier molecular flexibility index (Phi) is 6.10. The number of rotatable bonds is 7. The molecule has 136 valence electrons. The Labute approximate surface area is 148 Å². The smallest absolute Gasteiger partial charge is 0.331 e. The maximum atomic E-state index is 12.2. The predicted molar refractivity (Wildman–Crippen MR) is 91.6 cm³/mol. The summed E-state index contributed by atoms with van der Waals surface area (Å²) in [6.07, 6.45) is 2.84. The number of non-ortho nitro benzene ring substituents is 1. The van der Waals surface area contributed by atoms with Crippen molar-refractivity contribution in [3.05, 3.63) is 58.5 Å². The lowest BCUT2D eigenvalue weighted by Gasteiger charge is -2.14. The molecule has 1 aromatic heterocycles. The van der Waals surface area contributed by atoms with E-state index in [9.17, 15) is 19.7 Å². The third kappa shape index (κ3) is 4.94. The summed E-state index contributed by atoms with van der Waals surface area (Å²) in [7, 11) is 1.36. The molecule has 0 aliphatic heterocycles. The van der Waals surface area contributed by atoms with E-state index in [1.54, 1.807) is 12.1 Å². The van der Waals surface area contributed by atoms with Gasteiger partial charge < -0.3 is 19.2 Å². The van der Waals surface area contributed by atoms with Crippen LogP contribution in [0.2, 0.25) is 0 Å². The Bertz CT molecular complexity index is 828. The van der Waals surface area contributed by atoms with Gasteiger partial charge in [0.2, 0.25) is 0 Å². The summed E-state index contributed by atoms with van der Waals surface area (Å²) >= 11 is 0. The van der Waals surface area contributed by atoms with E-state index < -0.39 is 22.9 Å². The lowest BCUT2D eigenvalue weighted by molar-refractivity contribution is -0.384. The summed E-state index contributed by atoms with van der Waals surface area (Å²) in [6.45, 7) is 1.37. The van der Waals surface area contributed by atoms with E-state index in [2.05, 4.69) is 5.32 Å². The molecule has 0 aliphatic rings. The van der Waals surface area contributed by atoms with Crippen LogP contribution in [-0.2, 0) is 14.3 Å². The highest BCUT2D eigenvalue weighted by Crippen LogP contribution is 2.29. The number of hydrogen-bond donors (Lipinski definition) is 1. The molecule has 0 radical (unpaired) electrons. The van der Waals surface area contributed by atoms with Crippen molar-refractivity contribution in [3.63, 3.8) is 0 Å². The molecule has 0 unspecified atom stereocenters. The molecule has 1 aromatic carbocycles. The molecule has 0 fully saturated rings. The molecule has 0 spiro atoms. The highest BCUT2D eigenvalue weighted by atomic mass is 16.6. The Morgan fingerprint density at radius 3 is 2.73 bits per heavy atom. The number of benzene rings is 1. The van der Waals surface area contributed by atoms with E-state index in [4.69, 9.17) is 13.9 Å². The fourth-order valence-corrected chi connectivity index (χ4v) is 1.94. The molecular weight excluding hydrogens is 344 g/mol. The van der Waals surface area contributed by atoms with Crippen LogP contribution in [0.1, 0.15) is 12.7 Å². The average Bonchev–Trinajstić information content (AvgIpc) is 3.13. The van der Waals surface area contributed by atoms with Crippen molar-refractivity contribution < 1.29 is 28.4 Å². The Morgan fingerprint density at radius 1 is 1.35 bits per heavy atom. The number of carbonyl (C=O) groups is 2. The molecule has 0 saturated heterocycles. The molecule has 9 nitrogen and oxygen atoms in total. The van der Waals surface area contributed by atoms with Crippen molar-refractivity contribution in [3.8, 4) is 5.75 Å². The zero-order valence-corrected chi connectivity index (χ0v) is 14.0. The quantitative estimate of drug-likeness (QED) is 0.349. The van der Waals surface area contributed by atoms with Gasteiger partial charge in [-0.25, -0.2) is 4.79 Å². The number of methoxy groups -OCH3 is 1. The van der Waals surface area contributed by atoms with E-state index in [-0.39, 0.29) is 17.1 Å². The molecule has 1 heterocycles. The molecule has 0 aliphatic carbocycles. The summed E-state index contributed by atoms with van der Waals surface area (Å²) in [5.74, 6) is -0.709. The number of nitrogens with one attached hydrogen (secondary N) is 1. The van der Waals surface area contributed by atoms with Crippen LogP contribution in [0.15, 0.2) is 47.1 Å². The van der Waals surface area contributed by atoms with Gasteiger partial charge >= 0.3 is 5.97 Å². The van der Waals surface area contributed by atoms with Gasteiger partial charge in [-0.05, 0) is 31.2 Å². The highest BCUT2D eigenvalue weighted by Gasteiger charge is 2.20. The molecule has 0 bridgehead atoms. The fraction of sp³-hybridized carbons (Fsp3) is 0.176. The zero-order valence-electron chi connectivity index (χ0n) is 14.0. The zero-order chi connectivity index (χ0) is 19.1. The molecule has 1 atom stereocenters. The van der Waals surface area contributed by atoms with E-state index in [0.717, 1.165) is 12.1 Å². The molecular formula is C17H16N2O7. The monoisotopic (exact) mass is 360 g/mol. The third-order valence-corrected chi connectivity index (χ3v) is 3.24. The number of amides is 1. The summed E-state index contributed by atoms with van der Waals surface area (Å²) in [5, 5.41) is 13.3. The number of anilines is 1. The number of nitrogens with zero attached hydrogens (tertiary/aromatic N) is 1. The molecule has 26 heavy (non-hydrogen) atoms.